The average molecular weight is 615 g/mol. The SMILES string of the molecule is CC1(c2ccc3ccc(O)cc3c2)C=Cc2ccc(Oc3ccc4ccc(Oc5ccc6ccc(O)cc6c5)cc4c3)cc2C=C1O. The van der Waals surface area contributed by atoms with Gasteiger partial charge in [0.25, 0.3) is 0 Å². The van der Waals surface area contributed by atoms with Crippen molar-refractivity contribution in [1.29, 1.82) is 0 Å². The maximum atomic E-state index is 11.4. The number of rotatable bonds is 5. The van der Waals surface area contributed by atoms with E-state index in [9.17, 15) is 15.3 Å². The summed E-state index contributed by atoms with van der Waals surface area (Å²) < 4.78 is 12.5. The molecule has 1 aliphatic carbocycles. The van der Waals surface area contributed by atoms with Crippen LogP contribution in [0.2, 0.25) is 0 Å². The van der Waals surface area contributed by atoms with Crippen molar-refractivity contribution < 1.29 is 24.8 Å². The number of aromatic hydroxyl groups is 2. The van der Waals surface area contributed by atoms with Crippen LogP contribution < -0.4 is 9.47 Å². The van der Waals surface area contributed by atoms with Gasteiger partial charge in [-0.1, -0.05) is 60.7 Å². The maximum absolute atomic E-state index is 11.4. The Labute approximate surface area is 271 Å². The van der Waals surface area contributed by atoms with Gasteiger partial charge in [-0.15, -0.1) is 0 Å². The first-order valence-electron chi connectivity index (χ1n) is 15.4. The van der Waals surface area contributed by atoms with E-state index in [2.05, 4.69) is 0 Å². The lowest BCUT2D eigenvalue weighted by molar-refractivity contribution is 0.346. The van der Waals surface area contributed by atoms with Gasteiger partial charge >= 0.3 is 0 Å². The topological polar surface area (TPSA) is 79.2 Å². The van der Waals surface area contributed by atoms with Crippen LogP contribution >= 0.6 is 0 Å². The van der Waals surface area contributed by atoms with Crippen molar-refractivity contribution in [2.24, 2.45) is 0 Å². The lowest BCUT2D eigenvalue weighted by Crippen LogP contribution is -2.21. The van der Waals surface area contributed by atoms with Crippen LogP contribution in [0.3, 0.4) is 0 Å². The Bertz CT molecular complexity index is 2420. The van der Waals surface area contributed by atoms with E-state index in [-0.39, 0.29) is 17.3 Å². The van der Waals surface area contributed by atoms with Crippen LogP contribution in [0.4, 0.5) is 0 Å². The summed E-state index contributed by atoms with van der Waals surface area (Å²) in [7, 11) is 0. The summed E-state index contributed by atoms with van der Waals surface area (Å²) in [6.07, 6.45) is 5.84. The summed E-state index contributed by atoms with van der Waals surface area (Å²) in [4.78, 5) is 0. The highest BCUT2D eigenvalue weighted by Gasteiger charge is 2.30. The van der Waals surface area contributed by atoms with Gasteiger partial charge in [0.1, 0.15) is 40.3 Å². The van der Waals surface area contributed by atoms with Gasteiger partial charge in [0.15, 0.2) is 0 Å². The fourth-order valence-electron chi connectivity index (χ4n) is 6.21. The van der Waals surface area contributed by atoms with Crippen molar-refractivity contribution >= 4 is 44.5 Å². The highest BCUT2D eigenvalue weighted by Crippen LogP contribution is 2.40. The number of phenols is 2. The largest absolute Gasteiger partial charge is 0.511 e. The van der Waals surface area contributed by atoms with E-state index < -0.39 is 5.41 Å². The Balaban J connectivity index is 1.05. The zero-order valence-electron chi connectivity index (χ0n) is 25.5. The number of hydrogen-bond donors (Lipinski definition) is 3. The zero-order valence-corrected chi connectivity index (χ0v) is 25.5. The van der Waals surface area contributed by atoms with Crippen LogP contribution in [0, 0.1) is 0 Å². The van der Waals surface area contributed by atoms with Gasteiger partial charge in [-0.2, -0.15) is 0 Å². The fraction of sp³-hybridized carbons (Fsp3) is 0.0476. The Kier molecular flexibility index (Phi) is 6.62. The number of fused-ring (bicyclic) bond motifs is 4. The molecule has 3 N–H and O–H groups in total. The normalized spacial score (nSPS) is 15.7. The number of allylic oxidation sites excluding steroid dienone is 1. The van der Waals surface area contributed by atoms with E-state index in [1.54, 1.807) is 30.3 Å². The molecule has 0 saturated carbocycles. The second kappa shape index (κ2) is 11.0. The Hall–Kier alpha value is -6.20. The van der Waals surface area contributed by atoms with E-state index in [4.69, 9.17) is 9.47 Å². The molecule has 1 unspecified atom stereocenters. The first-order valence-corrected chi connectivity index (χ1v) is 15.4. The molecule has 228 valence electrons. The quantitative estimate of drug-likeness (QED) is 0.180. The van der Waals surface area contributed by atoms with Gasteiger partial charge in [-0.3, -0.25) is 0 Å². The van der Waals surface area contributed by atoms with Crippen LogP contribution in [0.15, 0.2) is 139 Å². The highest BCUT2D eigenvalue weighted by molar-refractivity contribution is 5.87. The third-order valence-corrected chi connectivity index (χ3v) is 8.95. The molecule has 1 aliphatic rings. The molecule has 7 aromatic carbocycles. The van der Waals surface area contributed by atoms with Crippen molar-refractivity contribution in [2.75, 3.05) is 0 Å². The van der Waals surface area contributed by atoms with E-state index in [0.29, 0.717) is 23.0 Å². The average Bonchev–Trinajstić information content (AvgIpc) is 3.19. The summed E-state index contributed by atoms with van der Waals surface area (Å²) in [6, 6.07) is 40.1. The van der Waals surface area contributed by atoms with Crippen molar-refractivity contribution in [1.82, 2.24) is 0 Å². The number of aliphatic hydroxyl groups is 1. The molecular weight excluding hydrogens is 584 g/mol. The zero-order chi connectivity index (χ0) is 32.1. The Morgan fingerprint density at radius 3 is 1.51 bits per heavy atom. The van der Waals surface area contributed by atoms with Crippen molar-refractivity contribution in [3.8, 4) is 34.5 Å². The number of phenolic OH excluding ortho intramolecular Hbond substituents is 2. The molecule has 0 aromatic heterocycles. The summed E-state index contributed by atoms with van der Waals surface area (Å²) >= 11 is 0. The van der Waals surface area contributed by atoms with Gasteiger partial charge in [0, 0.05) is 0 Å². The van der Waals surface area contributed by atoms with E-state index >= 15 is 0 Å². The predicted molar refractivity (Wildman–Crippen MR) is 189 cm³/mol. The van der Waals surface area contributed by atoms with Crippen LogP contribution in [0.5, 0.6) is 34.5 Å². The minimum atomic E-state index is -0.758. The van der Waals surface area contributed by atoms with Crippen molar-refractivity contribution in [3.05, 3.63) is 156 Å². The van der Waals surface area contributed by atoms with Crippen LogP contribution in [-0.2, 0) is 5.41 Å². The molecule has 0 aliphatic heterocycles. The summed E-state index contributed by atoms with van der Waals surface area (Å²) in [6.45, 7) is 1.99. The summed E-state index contributed by atoms with van der Waals surface area (Å²) in [5, 5.41) is 37.2. The Morgan fingerprint density at radius 2 is 0.915 bits per heavy atom. The van der Waals surface area contributed by atoms with E-state index in [1.807, 2.05) is 122 Å². The molecule has 7 aromatic rings. The van der Waals surface area contributed by atoms with Gasteiger partial charge in [-0.25, -0.2) is 0 Å². The lowest BCUT2D eigenvalue weighted by Gasteiger charge is -2.26. The van der Waals surface area contributed by atoms with Crippen molar-refractivity contribution in [2.45, 2.75) is 12.3 Å². The lowest BCUT2D eigenvalue weighted by atomic mass is 9.79. The standard InChI is InChI=1S/C42H30O5/c1-42(34-9-2-26-3-10-35(43)19-30(26)18-34)17-16-29-8-15-40(24-33(29)25-41(42)45)47-39-14-7-28-6-13-38(22-32(28)23-39)46-37-12-5-27-4-11-36(44)20-31(27)21-37/h2-25,43-45H,1H3. The van der Waals surface area contributed by atoms with Crippen molar-refractivity contribution in [3.63, 3.8) is 0 Å². The maximum Gasteiger partial charge on any atom is 0.128 e. The summed E-state index contributed by atoms with van der Waals surface area (Å²) in [5.74, 6) is 3.34. The van der Waals surface area contributed by atoms with E-state index in [0.717, 1.165) is 49.0 Å². The van der Waals surface area contributed by atoms with Gasteiger partial charge < -0.3 is 24.8 Å². The van der Waals surface area contributed by atoms with Gasteiger partial charge in [0.2, 0.25) is 0 Å². The van der Waals surface area contributed by atoms with Crippen LogP contribution in [-0.4, -0.2) is 15.3 Å². The second-order valence-electron chi connectivity index (χ2n) is 12.2. The molecule has 0 spiro atoms. The van der Waals surface area contributed by atoms with Crippen LogP contribution in [0.1, 0.15) is 23.6 Å². The molecule has 47 heavy (non-hydrogen) atoms. The van der Waals surface area contributed by atoms with Gasteiger partial charge in [0.05, 0.1) is 5.41 Å². The Morgan fingerprint density at radius 1 is 0.447 bits per heavy atom. The van der Waals surface area contributed by atoms with E-state index in [1.165, 1.54) is 0 Å². The molecule has 0 radical (unpaired) electrons. The molecule has 0 fully saturated rings. The third kappa shape index (κ3) is 5.38. The van der Waals surface area contributed by atoms with Crippen LogP contribution in [0.25, 0.3) is 44.5 Å². The predicted octanol–water partition coefficient (Wildman–Crippen LogP) is 11.0. The molecule has 5 heteroatoms. The first-order chi connectivity index (χ1) is 22.8. The number of ether oxygens (including phenoxy) is 2. The third-order valence-electron chi connectivity index (χ3n) is 8.95. The second-order valence-corrected chi connectivity index (χ2v) is 12.2. The molecule has 0 heterocycles. The monoisotopic (exact) mass is 614 g/mol. The van der Waals surface area contributed by atoms with Gasteiger partial charge in [-0.05, 0) is 141 Å². The highest BCUT2D eigenvalue weighted by atomic mass is 16.5. The molecule has 5 nitrogen and oxygen atoms in total. The minimum Gasteiger partial charge on any atom is -0.511 e. The number of aliphatic hydroxyl groups excluding tert-OH is 1. The smallest absolute Gasteiger partial charge is 0.128 e. The fourth-order valence-corrected chi connectivity index (χ4v) is 6.21. The summed E-state index contributed by atoms with van der Waals surface area (Å²) in [5.41, 5.74) is 1.98. The molecular formula is C42H30O5. The molecule has 8 rings (SSSR count). The molecule has 0 amide bonds. The molecule has 0 bridgehead atoms. The number of hydrogen-bond acceptors (Lipinski definition) is 5. The first kappa shape index (κ1) is 28.3. The number of benzene rings is 7. The molecule has 0 saturated heterocycles. The minimum absolute atomic E-state index is 0.208. The molecule has 1 atom stereocenters.